The van der Waals surface area contributed by atoms with E-state index in [0.29, 0.717) is 5.92 Å². The summed E-state index contributed by atoms with van der Waals surface area (Å²) in [5, 5.41) is 12.4. The molecule has 0 bridgehead atoms. The van der Waals surface area contributed by atoms with Crippen LogP contribution in [-0.2, 0) is 0 Å². The third kappa shape index (κ3) is 2.25. The Morgan fingerprint density at radius 1 is 1.38 bits per heavy atom. The van der Waals surface area contributed by atoms with Crippen LogP contribution in [0.5, 0.6) is 0 Å². The van der Waals surface area contributed by atoms with Crippen molar-refractivity contribution in [1.82, 2.24) is 5.32 Å². The van der Waals surface area contributed by atoms with E-state index in [-0.39, 0.29) is 11.3 Å². The van der Waals surface area contributed by atoms with Crippen LogP contribution in [0.1, 0.15) is 13.8 Å². The molecule has 1 fully saturated rings. The maximum absolute atomic E-state index is 9.08. The van der Waals surface area contributed by atoms with Crippen molar-refractivity contribution in [1.29, 1.82) is 5.26 Å². The molecule has 0 aromatic rings. The Bertz CT molecular complexity index is 393. The molecule has 1 N–H and O–H groups in total. The molecule has 0 aromatic carbocycles. The molecule has 2 rings (SSSR count). The van der Waals surface area contributed by atoms with Gasteiger partial charge in [0.2, 0.25) is 0 Å². The number of hydrogen-bond donors (Lipinski definition) is 1. The summed E-state index contributed by atoms with van der Waals surface area (Å²) in [6.45, 7) is 6.11. The SMILES string of the molecule is CC1(C)C=CC=C(C2CNCC2C#N)C=C1. The van der Waals surface area contributed by atoms with Crippen LogP contribution in [0.3, 0.4) is 0 Å². The molecule has 0 radical (unpaired) electrons. The van der Waals surface area contributed by atoms with Crippen LogP contribution in [0, 0.1) is 28.6 Å². The molecule has 0 saturated carbocycles. The second kappa shape index (κ2) is 4.27. The summed E-state index contributed by atoms with van der Waals surface area (Å²) in [6, 6.07) is 2.39. The van der Waals surface area contributed by atoms with Crippen molar-refractivity contribution < 1.29 is 0 Å². The van der Waals surface area contributed by atoms with Crippen LogP contribution >= 0.6 is 0 Å². The minimum Gasteiger partial charge on any atom is -0.315 e. The standard InChI is InChI=1S/C14H18N2/c1-14(2)6-3-4-11(5-7-14)13-10-16-9-12(13)8-15/h3-7,12-13,16H,9-10H2,1-2H3. The monoisotopic (exact) mass is 214 g/mol. The zero-order chi connectivity index (χ0) is 11.6. The van der Waals surface area contributed by atoms with E-state index in [1.807, 2.05) is 0 Å². The smallest absolute Gasteiger partial charge is 0.0676 e. The predicted molar refractivity (Wildman–Crippen MR) is 65.6 cm³/mol. The summed E-state index contributed by atoms with van der Waals surface area (Å²) >= 11 is 0. The number of nitrogens with one attached hydrogen (secondary N) is 1. The summed E-state index contributed by atoms with van der Waals surface area (Å²) in [5.74, 6) is 0.463. The third-order valence-corrected chi connectivity index (χ3v) is 3.33. The largest absolute Gasteiger partial charge is 0.315 e. The zero-order valence-electron chi connectivity index (χ0n) is 9.90. The molecule has 84 valence electrons. The second-order valence-electron chi connectivity index (χ2n) is 5.18. The Morgan fingerprint density at radius 2 is 2.19 bits per heavy atom. The van der Waals surface area contributed by atoms with Crippen molar-refractivity contribution in [3.8, 4) is 6.07 Å². The molecule has 0 spiro atoms. The van der Waals surface area contributed by atoms with Crippen LogP contribution in [0.25, 0.3) is 0 Å². The zero-order valence-corrected chi connectivity index (χ0v) is 9.90. The van der Waals surface area contributed by atoms with Gasteiger partial charge < -0.3 is 5.32 Å². The summed E-state index contributed by atoms with van der Waals surface area (Å²) in [4.78, 5) is 0. The summed E-state index contributed by atoms with van der Waals surface area (Å²) in [5.41, 5.74) is 1.39. The van der Waals surface area contributed by atoms with Crippen LogP contribution in [0.15, 0.2) is 36.0 Å². The Balaban J connectivity index is 2.20. The minimum atomic E-state index is 0.116. The van der Waals surface area contributed by atoms with Gasteiger partial charge in [0, 0.05) is 24.4 Å². The number of rotatable bonds is 1. The van der Waals surface area contributed by atoms with Crippen LogP contribution < -0.4 is 5.32 Å². The minimum absolute atomic E-state index is 0.116. The van der Waals surface area contributed by atoms with E-state index in [1.54, 1.807) is 0 Å². The summed E-state index contributed by atoms with van der Waals surface area (Å²) in [7, 11) is 0. The van der Waals surface area contributed by atoms with E-state index < -0.39 is 0 Å². The fourth-order valence-electron chi connectivity index (χ4n) is 2.24. The lowest BCUT2D eigenvalue weighted by Crippen LogP contribution is -2.12. The number of hydrogen-bond acceptors (Lipinski definition) is 2. The number of nitriles is 1. The second-order valence-corrected chi connectivity index (χ2v) is 5.18. The van der Waals surface area contributed by atoms with Crippen LogP contribution in [0.2, 0.25) is 0 Å². The quantitative estimate of drug-likeness (QED) is 0.727. The Labute approximate surface area is 97.3 Å². The van der Waals surface area contributed by atoms with Crippen molar-refractivity contribution in [2.75, 3.05) is 13.1 Å². The predicted octanol–water partition coefficient (Wildman–Crippen LogP) is 2.42. The van der Waals surface area contributed by atoms with Gasteiger partial charge in [-0.05, 0) is 5.57 Å². The van der Waals surface area contributed by atoms with Gasteiger partial charge in [-0.2, -0.15) is 5.26 Å². The molecule has 2 heteroatoms. The highest BCUT2D eigenvalue weighted by Gasteiger charge is 2.29. The Hall–Kier alpha value is -1.33. The van der Waals surface area contributed by atoms with Crippen molar-refractivity contribution in [3.63, 3.8) is 0 Å². The third-order valence-electron chi connectivity index (χ3n) is 3.33. The topological polar surface area (TPSA) is 35.8 Å². The van der Waals surface area contributed by atoms with Gasteiger partial charge >= 0.3 is 0 Å². The molecule has 0 amide bonds. The van der Waals surface area contributed by atoms with E-state index in [2.05, 4.69) is 55.6 Å². The molecule has 16 heavy (non-hydrogen) atoms. The first-order chi connectivity index (χ1) is 7.62. The average Bonchev–Trinajstić information content (AvgIpc) is 2.63. The van der Waals surface area contributed by atoms with Crippen molar-refractivity contribution in [3.05, 3.63) is 36.0 Å². The highest BCUT2D eigenvalue weighted by atomic mass is 14.9. The first kappa shape index (κ1) is 11.2. The van der Waals surface area contributed by atoms with E-state index in [4.69, 9.17) is 5.26 Å². The number of allylic oxidation sites excluding steroid dienone is 5. The fraction of sp³-hybridized carbons (Fsp3) is 0.500. The molecular formula is C14H18N2. The summed E-state index contributed by atoms with van der Waals surface area (Å²) < 4.78 is 0. The lowest BCUT2D eigenvalue weighted by molar-refractivity contribution is 0.588. The lowest BCUT2D eigenvalue weighted by atomic mass is 9.88. The van der Waals surface area contributed by atoms with Crippen LogP contribution in [-0.4, -0.2) is 13.1 Å². The average molecular weight is 214 g/mol. The van der Waals surface area contributed by atoms with Crippen molar-refractivity contribution in [2.45, 2.75) is 13.8 Å². The molecule has 1 heterocycles. The molecule has 1 aliphatic carbocycles. The van der Waals surface area contributed by atoms with E-state index in [9.17, 15) is 0 Å². The van der Waals surface area contributed by atoms with Crippen LogP contribution in [0.4, 0.5) is 0 Å². The highest BCUT2D eigenvalue weighted by molar-refractivity contribution is 5.34. The van der Waals surface area contributed by atoms with Gasteiger partial charge in [-0.3, -0.25) is 0 Å². The van der Waals surface area contributed by atoms with E-state index >= 15 is 0 Å². The summed E-state index contributed by atoms with van der Waals surface area (Å²) in [6.07, 6.45) is 10.9. The molecule has 2 unspecified atom stereocenters. The number of nitrogens with zero attached hydrogens (tertiary/aromatic N) is 1. The lowest BCUT2D eigenvalue weighted by Gasteiger charge is -2.15. The molecule has 2 aliphatic rings. The normalized spacial score (nSPS) is 31.9. The first-order valence-electron chi connectivity index (χ1n) is 5.81. The molecule has 0 aromatic heterocycles. The Kier molecular flexibility index (Phi) is 2.98. The van der Waals surface area contributed by atoms with Gasteiger partial charge in [-0.25, -0.2) is 0 Å². The molecule has 1 saturated heterocycles. The van der Waals surface area contributed by atoms with Gasteiger partial charge in [-0.15, -0.1) is 0 Å². The van der Waals surface area contributed by atoms with Gasteiger partial charge in [0.1, 0.15) is 0 Å². The van der Waals surface area contributed by atoms with E-state index in [0.717, 1.165) is 13.1 Å². The molecule has 2 nitrogen and oxygen atoms in total. The van der Waals surface area contributed by atoms with Gasteiger partial charge in [0.05, 0.1) is 12.0 Å². The van der Waals surface area contributed by atoms with Gasteiger partial charge in [0.15, 0.2) is 0 Å². The first-order valence-corrected chi connectivity index (χ1v) is 5.81. The van der Waals surface area contributed by atoms with Gasteiger partial charge in [0.25, 0.3) is 0 Å². The van der Waals surface area contributed by atoms with E-state index in [1.165, 1.54) is 5.57 Å². The van der Waals surface area contributed by atoms with Crippen molar-refractivity contribution >= 4 is 0 Å². The van der Waals surface area contributed by atoms with Gasteiger partial charge in [-0.1, -0.05) is 44.2 Å². The van der Waals surface area contributed by atoms with Crippen molar-refractivity contribution in [2.24, 2.45) is 17.3 Å². The highest BCUT2D eigenvalue weighted by Crippen LogP contribution is 2.29. The fourth-order valence-corrected chi connectivity index (χ4v) is 2.24. The Morgan fingerprint density at radius 3 is 2.94 bits per heavy atom. The molecule has 2 atom stereocenters. The maximum atomic E-state index is 9.08. The maximum Gasteiger partial charge on any atom is 0.0676 e. The molecular weight excluding hydrogens is 196 g/mol. The molecule has 1 aliphatic heterocycles.